The minimum atomic E-state index is -0.965. The summed E-state index contributed by atoms with van der Waals surface area (Å²) in [4.78, 5) is 13.4. The standard InChI is InChI=1S/C13H16BrNO3/c14-11-5-3-4-10(13(16)17)12(11)18-9-8-15-6-1-2-7-15/h3-5H,1-2,6-9H2,(H,16,17). The van der Waals surface area contributed by atoms with Gasteiger partial charge in [0.2, 0.25) is 0 Å². The predicted molar refractivity (Wildman–Crippen MR) is 72.3 cm³/mol. The van der Waals surface area contributed by atoms with Crippen LogP contribution < -0.4 is 4.74 Å². The molecule has 0 aliphatic carbocycles. The van der Waals surface area contributed by atoms with Crippen LogP contribution in [0, 0.1) is 0 Å². The lowest BCUT2D eigenvalue weighted by molar-refractivity contribution is 0.0691. The Morgan fingerprint density at radius 2 is 2.11 bits per heavy atom. The van der Waals surface area contributed by atoms with E-state index >= 15 is 0 Å². The van der Waals surface area contributed by atoms with Gasteiger partial charge in [0, 0.05) is 6.54 Å². The lowest BCUT2D eigenvalue weighted by Crippen LogP contribution is -2.25. The molecule has 0 saturated carbocycles. The summed E-state index contributed by atoms with van der Waals surface area (Å²) < 4.78 is 6.31. The first kappa shape index (κ1) is 13.4. The van der Waals surface area contributed by atoms with E-state index < -0.39 is 5.97 Å². The van der Waals surface area contributed by atoms with Crippen molar-refractivity contribution >= 4 is 21.9 Å². The highest BCUT2D eigenvalue weighted by Crippen LogP contribution is 2.29. The topological polar surface area (TPSA) is 49.8 Å². The van der Waals surface area contributed by atoms with Crippen molar-refractivity contribution < 1.29 is 14.6 Å². The van der Waals surface area contributed by atoms with Crippen molar-refractivity contribution in [1.29, 1.82) is 0 Å². The number of para-hydroxylation sites is 1. The molecule has 1 N–H and O–H groups in total. The number of ether oxygens (including phenoxy) is 1. The minimum absolute atomic E-state index is 0.200. The highest BCUT2D eigenvalue weighted by Gasteiger charge is 2.15. The number of hydrogen-bond acceptors (Lipinski definition) is 3. The van der Waals surface area contributed by atoms with Gasteiger partial charge in [0.15, 0.2) is 0 Å². The van der Waals surface area contributed by atoms with E-state index in [4.69, 9.17) is 9.84 Å². The van der Waals surface area contributed by atoms with Crippen molar-refractivity contribution in [2.75, 3.05) is 26.2 Å². The third-order valence-electron chi connectivity index (χ3n) is 3.05. The zero-order valence-electron chi connectivity index (χ0n) is 10.1. The third-order valence-corrected chi connectivity index (χ3v) is 3.67. The maximum absolute atomic E-state index is 11.1. The van der Waals surface area contributed by atoms with E-state index in [1.165, 1.54) is 12.8 Å². The van der Waals surface area contributed by atoms with E-state index in [0.717, 1.165) is 19.6 Å². The number of halogens is 1. The van der Waals surface area contributed by atoms with Gasteiger partial charge in [-0.15, -0.1) is 0 Å². The lowest BCUT2D eigenvalue weighted by atomic mass is 10.2. The molecule has 18 heavy (non-hydrogen) atoms. The molecule has 1 saturated heterocycles. The molecule has 0 atom stereocenters. The number of carboxylic acids is 1. The van der Waals surface area contributed by atoms with Crippen LogP contribution in [-0.4, -0.2) is 42.2 Å². The fourth-order valence-electron chi connectivity index (χ4n) is 2.11. The van der Waals surface area contributed by atoms with Crippen molar-refractivity contribution in [3.8, 4) is 5.75 Å². The molecule has 1 aromatic rings. The molecule has 1 aliphatic heterocycles. The summed E-state index contributed by atoms with van der Waals surface area (Å²) in [7, 11) is 0. The molecule has 0 radical (unpaired) electrons. The van der Waals surface area contributed by atoms with Gasteiger partial charge in [-0.05, 0) is 54.0 Å². The van der Waals surface area contributed by atoms with Crippen LogP contribution in [0.15, 0.2) is 22.7 Å². The number of hydrogen-bond donors (Lipinski definition) is 1. The number of rotatable bonds is 5. The van der Waals surface area contributed by atoms with Crippen molar-refractivity contribution in [3.05, 3.63) is 28.2 Å². The second-order valence-electron chi connectivity index (χ2n) is 4.32. The Kier molecular flexibility index (Phi) is 4.60. The van der Waals surface area contributed by atoms with Gasteiger partial charge in [-0.3, -0.25) is 4.90 Å². The number of benzene rings is 1. The summed E-state index contributed by atoms with van der Waals surface area (Å²) in [5.74, 6) is -0.545. The smallest absolute Gasteiger partial charge is 0.339 e. The third kappa shape index (κ3) is 3.23. The zero-order valence-corrected chi connectivity index (χ0v) is 11.6. The SMILES string of the molecule is O=C(O)c1cccc(Br)c1OCCN1CCCC1. The molecule has 1 heterocycles. The van der Waals surface area contributed by atoms with Crippen LogP contribution in [0.4, 0.5) is 0 Å². The van der Waals surface area contributed by atoms with E-state index in [9.17, 15) is 4.79 Å². The average Bonchev–Trinajstić information content (AvgIpc) is 2.84. The number of aromatic carboxylic acids is 1. The van der Waals surface area contributed by atoms with Gasteiger partial charge in [-0.2, -0.15) is 0 Å². The van der Waals surface area contributed by atoms with Gasteiger partial charge in [0.1, 0.15) is 17.9 Å². The van der Waals surface area contributed by atoms with Crippen LogP contribution in [-0.2, 0) is 0 Å². The number of likely N-dealkylation sites (tertiary alicyclic amines) is 1. The summed E-state index contributed by atoms with van der Waals surface area (Å²) >= 11 is 3.33. The van der Waals surface area contributed by atoms with Gasteiger partial charge >= 0.3 is 5.97 Å². The predicted octanol–water partition coefficient (Wildman–Crippen LogP) is 2.62. The lowest BCUT2D eigenvalue weighted by Gasteiger charge is -2.16. The second kappa shape index (κ2) is 6.20. The van der Waals surface area contributed by atoms with Gasteiger partial charge in [-0.1, -0.05) is 6.07 Å². The molecule has 0 bridgehead atoms. The molecule has 1 aliphatic rings. The van der Waals surface area contributed by atoms with Crippen molar-refractivity contribution in [2.24, 2.45) is 0 Å². The summed E-state index contributed by atoms with van der Waals surface area (Å²) in [6.07, 6.45) is 2.49. The van der Waals surface area contributed by atoms with Crippen molar-refractivity contribution in [2.45, 2.75) is 12.8 Å². The first-order valence-corrected chi connectivity index (χ1v) is 6.85. The van der Waals surface area contributed by atoms with Crippen molar-refractivity contribution in [1.82, 2.24) is 4.90 Å². The van der Waals surface area contributed by atoms with Crippen molar-refractivity contribution in [3.63, 3.8) is 0 Å². The molecule has 5 heteroatoms. The van der Waals surface area contributed by atoms with E-state index in [1.54, 1.807) is 18.2 Å². The molecule has 1 fully saturated rings. The van der Waals surface area contributed by atoms with Crippen LogP contribution in [0.5, 0.6) is 5.75 Å². The number of carbonyl (C=O) groups is 1. The molecular weight excluding hydrogens is 298 g/mol. The summed E-state index contributed by atoms with van der Waals surface area (Å²) in [6, 6.07) is 5.04. The summed E-state index contributed by atoms with van der Waals surface area (Å²) in [5, 5.41) is 9.09. The minimum Gasteiger partial charge on any atom is -0.490 e. The first-order valence-electron chi connectivity index (χ1n) is 6.05. The normalized spacial score (nSPS) is 15.8. The molecule has 2 rings (SSSR count). The van der Waals surface area contributed by atoms with E-state index in [0.29, 0.717) is 16.8 Å². The first-order chi connectivity index (χ1) is 8.68. The monoisotopic (exact) mass is 313 g/mol. The van der Waals surface area contributed by atoms with Crippen LogP contribution in [0.1, 0.15) is 23.2 Å². The van der Waals surface area contributed by atoms with E-state index in [1.807, 2.05) is 0 Å². The van der Waals surface area contributed by atoms with E-state index in [2.05, 4.69) is 20.8 Å². The maximum Gasteiger partial charge on any atom is 0.339 e. The van der Waals surface area contributed by atoms with Crippen LogP contribution in [0.25, 0.3) is 0 Å². The Balaban J connectivity index is 1.97. The molecule has 0 amide bonds. The summed E-state index contributed by atoms with van der Waals surface area (Å²) in [5.41, 5.74) is 0.200. The Bertz CT molecular complexity index is 430. The second-order valence-corrected chi connectivity index (χ2v) is 5.17. The molecule has 4 nitrogen and oxygen atoms in total. The average molecular weight is 314 g/mol. The Morgan fingerprint density at radius 3 is 2.78 bits per heavy atom. The highest BCUT2D eigenvalue weighted by atomic mass is 79.9. The Hall–Kier alpha value is -1.07. The van der Waals surface area contributed by atoms with Gasteiger partial charge in [-0.25, -0.2) is 4.79 Å². The highest BCUT2D eigenvalue weighted by molar-refractivity contribution is 9.10. The largest absolute Gasteiger partial charge is 0.490 e. The molecule has 0 unspecified atom stereocenters. The molecule has 98 valence electrons. The molecule has 0 aromatic heterocycles. The maximum atomic E-state index is 11.1. The quantitative estimate of drug-likeness (QED) is 0.908. The Morgan fingerprint density at radius 1 is 1.39 bits per heavy atom. The van der Waals surface area contributed by atoms with Crippen LogP contribution in [0.3, 0.4) is 0 Å². The molecule has 1 aromatic carbocycles. The number of nitrogens with zero attached hydrogens (tertiary/aromatic N) is 1. The van der Waals surface area contributed by atoms with Gasteiger partial charge in [0.05, 0.1) is 4.47 Å². The fourth-order valence-corrected chi connectivity index (χ4v) is 2.59. The molecular formula is C13H16BrNO3. The zero-order chi connectivity index (χ0) is 13.0. The van der Waals surface area contributed by atoms with Gasteiger partial charge < -0.3 is 9.84 Å². The Labute approximate surface area is 115 Å². The van der Waals surface area contributed by atoms with Gasteiger partial charge in [0.25, 0.3) is 0 Å². The van der Waals surface area contributed by atoms with Crippen LogP contribution in [0.2, 0.25) is 0 Å². The summed E-state index contributed by atoms with van der Waals surface area (Å²) in [6.45, 7) is 3.60. The molecule has 0 spiro atoms. The van der Waals surface area contributed by atoms with Crippen LogP contribution >= 0.6 is 15.9 Å². The fraction of sp³-hybridized carbons (Fsp3) is 0.462. The number of carboxylic acid groups (broad SMARTS) is 1. The van der Waals surface area contributed by atoms with E-state index in [-0.39, 0.29) is 5.56 Å².